The fraction of sp³-hybridized carbons (Fsp3) is 0.125. The zero-order valence-electron chi connectivity index (χ0n) is 10.6. The predicted octanol–water partition coefficient (Wildman–Crippen LogP) is 2.64. The van der Waals surface area contributed by atoms with Crippen molar-refractivity contribution in [1.29, 1.82) is 0 Å². The summed E-state index contributed by atoms with van der Waals surface area (Å²) < 4.78 is 10.3. The molecule has 1 aliphatic heterocycles. The van der Waals surface area contributed by atoms with Crippen LogP contribution in [0.2, 0.25) is 0 Å². The van der Waals surface area contributed by atoms with Gasteiger partial charge in [0.05, 0.1) is 12.0 Å². The SMILES string of the molecule is O=C(Cc1ccccc1)OC1OC(=O)c2ccccc21. The number of carbonyl (C=O) groups excluding carboxylic acids is 2. The molecule has 1 heterocycles. The van der Waals surface area contributed by atoms with Gasteiger partial charge in [0.1, 0.15) is 0 Å². The topological polar surface area (TPSA) is 52.6 Å². The molecule has 0 amide bonds. The Morgan fingerprint density at radius 2 is 1.75 bits per heavy atom. The highest BCUT2D eigenvalue weighted by atomic mass is 16.7. The molecule has 0 saturated carbocycles. The molecule has 100 valence electrons. The molecule has 1 unspecified atom stereocenters. The molecular weight excluding hydrogens is 256 g/mol. The molecule has 0 fully saturated rings. The van der Waals surface area contributed by atoms with Gasteiger partial charge in [0, 0.05) is 5.56 Å². The number of benzene rings is 2. The molecule has 4 heteroatoms. The van der Waals surface area contributed by atoms with Crippen LogP contribution in [-0.2, 0) is 20.7 Å². The molecule has 20 heavy (non-hydrogen) atoms. The molecule has 2 aromatic carbocycles. The Balaban J connectivity index is 1.70. The molecule has 1 aliphatic rings. The van der Waals surface area contributed by atoms with Crippen LogP contribution in [0.1, 0.15) is 27.8 Å². The van der Waals surface area contributed by atoms with E-state index >= 15 is 0 Å². The summed E-state index contributed by atoms with van der Waals surface area (Å²) in [5.41, 5.74) is 1.90. The van der Waals surface area contributed by atoms with E-state index in [1.807, 2.05) is 30.3 Å². The lowest BCUT2D eigenvalue weighted by Gasteiger charge is -2.11. The number of esters is 2. The molecule has 4 nitrogen and oxygen atoms in total. The van der Waals surface area contributed by atoms with Crippen LogP contribution in [0.3, 0.4) is 0 Å². The lowest BCUT2D eigenvalue weighted by molar-refractivity contribution is -0.166. The molecule has 0 radical (unpaired) electrons. The molecule has 0 aromatic heterocycles. The third kappa shape index (κ3) is 2.40. The van der Waals surface area contributed by atoms with E-state index in [9.17, 15) is 9.59 Å². The maximum Gasteiger partial charge on any atom is 0.342 e. The van der Waals surface area contributed by atoms with Crippen molar-refractivity contribution in [3.63, 3.8) is 0 Å². The summed E-state index contributed by atoms with van der Waals surface area (Å²) in [5.74, 6) is -0.885. The molecule has 1 atom stereocenters. The van der Waals surface area contributed by atoms with Gasteiger partial charge in [0.15, 0.2) is 0 Å². The minimum Gasteiger partial charge on any atom is -0.420 e. The van der Waals surface area contributed by atoms with Crippen LogP contribution >= 0.6 is 0 Å². The Morgan fingerprint density at radius 3 is 2.55 bits per heavy atom. The normalized spacial score (nSPS) is 16.4. The Labute approximate surface area is 115 Å². The van der Waals surface area contributed by atoms with E-state index in [1.165, 1.54) is 0 Å². The number of ether oxygens (including phenoxy) is 2. The van der Waals surface area contributed by atoms with Gasteiger partial charge in [-0.15, -0.1) is 0 Å². The zero-order valence-corrected chi connectivity index (χ0v) is 10.6. The largest absolute Gasteiger partial charge is 0.420 e. The molecule has 0 bridgehead atoms. The molecule has 2 aromatic rings. The van der Waals surface area contributed by atoms with Gasteiger partial charge in [0.25, 0.3) is 6.29 Å². The third-order valence-electron chi connectivity index (χ3n) is 3.08. The first kappa shape index (κ1) is 12.4. The molecule has 0 aliphatic carbocycles. The van der Waals surface area contributed by atoms with Crippen LogP contribution in [0, 0.1) is 0 Å². The van der Waals surface area contributed by atoms with Crippen molar-refractivity contribution in [2.45, 2.75) is 12.7 Å². The zero-order chi connectivity index (χ0) is 13.9. The minimum absolute atomic E-state index is 0.150. The lowest BCUT2D eigenvalue weighted by atomic mass is 10.1. The van der Waals surface area contributed by atoms with Gasteiger partial charge < -0.3 is 9.47 Å². The second-order valence-electron chi connectivity index (χ2n) is 4.48. The maximum atomic E-state index is 11.9. The van der Waals surface area contributed by atoms with Crippen molar-refractivity contribution in [1.82, 2.24) is 0 Å². The second-order valence-corrected chi connectivity index (χ2v) is 4.48. The van der Waals surface area contributed by atoms with Crippen LogP contribution in [0.5, 0.6) is 0 Å². The van der Waals surface area contributed by atoms with Crippen LogP contribution < -0.4 is 0 Å². The summed E-state index contributed by atoms with van der Waals surface area (Å²) in [6.45, 7) is 0. The summed E-state index contributed by atoms with van der Waals surface area (Å²) in [5, 5.41) is 0. The first-order chi connectivity index (χ1) is 9.74. The van der Waals surface area contributed by atoms with Gasteiger partial charge in [-0.25, -0.2) is 4.79 Å². The first-order valence-corrected chi connectivity index (χ1v) is 6.27. The standard InChI is InChI=1S/C16H12O4/c17-14(10-11-6-2-1-3-7-11)19-16-13-9-5-4-8-12(13)15(18)20-16/h1-9,16H,10H2. The highest BCUT2D eigenvalue weighted by molar-refractivity contribution is 5.94. The Morgan fingerprint density at radius 1 is 1.05 bits per heavy atom. The summed E-state index contributed by atoms with van der Waals surface area (Å²) in [7, 11) is 0. The minimum atomic E-state index is -0.935. The van der Waals surface area contributed by atoms with E-state index < -0.39 is 18.2 Å². The van der Waals surface area contributed by atoms with Crippen molar-refractivity contribution in [3.05, 3.63) is 71.3 Å². The van der Waals surface area contributed by atoms with Crippen molar-refractivity contribution >= 4 is 11.9 Å². The smallest absolute Gasteiger partial charge is 0.342 e. The number of hydrogen-bond acceptors (Lipinski definition) is 4. The highest BCUT2D eigenvalue weighted by Crippen LogP contribution is 2.31. The van der Waals surface area contributed by atoms with Crippen molar-refractivity contribution in [2.24, 2.45) is 0 Å². The van der Waals surface area contributed by atoms with Crippen molar-refractivity contribution < 1.29 is 19.1 Å². The average Bonchev–Trinajstić information content (AvgIpc) is 2.77. The van der Waals surface area contributed by atoms with Gasteiger partial charge in [-0.1, -0.05) is 48.5 Å². The summed E-state index contributed by atoms with van der Waals surface area (Å²) in [6, 6.07) is 16.2. The Hall–Kier alpha value is -2.62. The van der Waals surface area contributed by atoms with E-state index in [0.717, 1.165) is 5.56 Å². The van der Waals surface area contributed by atoms with E-state index in [4.69, 9.17) is 9.47 Å². The van der Waals surface area contributed by atoms with E-state index in [1.54, 1.807) is 24.3 Å². The third-order valence-corrected chi connectivity index (χ3v) is 3.08. The quantitative estimate of drug-likeness (QED) is 0.803. The average molecular weight is 268 g/mol. The Bertz CT molecular complexity index is 649. The monoisotopic (exact) mass is 268 g/mol. The maximum absolute atomic E-state index is 11.9. The number of fused-ring (bicyclic) bond motifs is 1. The van der Waals surface area contributed by atoms with E-state index in [2.05, 4.69) is 0 Å². The highest BCUT2D eigenvalue weighted by Gasteiger charge is 2.33. The number of carbonyl (C=O) groups is 2. The fourth-order valence-corrected chi connectivity index (χ4v) is 2.12. The number of hydrogen-bond donors (Lipinski definition) is 0. The number of cyclic esters (lactones) is 1. The molecule has 0 saturated heterocycles. The predicted molar refractivity (Wildman–Crippen MR) is 70.8 cm³/mol. The van der Waals surface area contributed by atoms with Crippen molar-refractivity contribution in [3.8, 4) is 0 Å². The number of rotatable bonds is 3. The van der Waals surface area contributed by atoms with Gasteiger partial charge in [-0.3, -0.25) is 4.79 Å². The summed E-state index contributed by atoms with van der Waals surface area (Å²) >= 11 is 0. The molecular formula is C16H12O4. The van der Waals surface area contributed by atoms with Gasteiger partial charge in [0.2, 0.25) is 0 Å². The van der Waals surface area contributed by atoms with Crippen molar-refractivity contribution in [2.75, 3.05) is 0 Å². The van der Waals surface area contributed by atoms with Gasteiger partial charge in [-0.05, 0) is 11.6 Å². The summed E-state index contributed by atoms with van der Waals surface area (Å²) in [4.78, 5) is 23.5. The van der Waals surface area contributed by atoms with E-state index in [0.29, 0.717) is 11.1 Å². The molecule has 0 spiro atoms. The van der Waals surface area contributed by atoms with Crippen LogP contribution in [-0.4, -0.2) is 11.9 Å². The van der Waals surface area contributed by atoms with Crippen LogP contribution in [0.15, 0.2) is 54.6 Å². The first-order valence-electron chi connectivity index (χ1n) is 6.27. The summed E-state index contributed by atoms with van der Waals surface area (Å²) in [6.07, 6.45) is -0.785. The van der Waals surface area contributed by atoms with Crippen LogP contribution in [0.4, 0.5) is 0 Å². The second kappa shape index (κ2) is 5.17. The lowest BCUT2D eigenvalue weighted by Crippen LogP contribution is -2.13. The van der Waals surface area contributed by atoms with Gasteiger partial charge >= 0.3 is 11.9 Å². The van der Waals surface area contributed by atoms with Crippen LogP contribution in [0.25, 0.3) is 0 Å². The van der Waals surface area contributed by atoms with Gasteiger partial charge in [-0.2, -0.15) is 0 Å². The molecule has 0 N–H and O–H groups in total. The van der Waals surface area contributed by atoms with E-state index in [-0.39, 0.29) is 6.42 Å². The Kier molecular flexibility index (Phi) is 3.21. The molecule has 3 rings (SSSR count). The fourth-order valence-electron chi connectivity index (χ4n) is 2.12.